The van der Waals surface area contributed by atoms with Crippen LogP contribution in [0.4, 0.5) is 0 Å². The Hall–Kier alpha value is -0.940. The van der Waals surface area contributed by atoms with Crippen molar-refractivity contribution in [1.29, 1.82) is 0 Å². The van der Waals surface area contributed by atoms with Gasteiger partial charge in [0, 0.05) is 56.0 Å². The van der Waals surface area contributed by atoms with E-state index in [0.717, 1.165) is 6.42 Å². The van der Waals surface area contributed by atoms with Crippen molar-refractivity contribution in [2.75, 3.05) is 0 Å². The number of hydrogen-bond acceptors (Lipinski definition) is 4. The lowest BCUT2D eigenvalue weighted by molar-refractivity contribution is 0.611. The topological polar surface area (TPSA) is 0 Å². The van der Waals surface area contributed by atoms with Crippen LogP contribution in [0.25, 0.3) is 0 Å². The van der Waals surface area contributed by atoms with Gasteiger partial charge in [0.1, 0.15) is 0 Å². The van der Waals surface area contributed by atoms with Crippen LogP contribution in [-0.2, 0) is 0 Å². The van der Waals surface area contributed by atoms with E-state index >= 15 is 0 Å². The third kappa shape index (κ3) is 7.38. The van der Waals surface area contributed by atoms with Crippen LogP contribution in [0.15, 0.2) is 100 Å². The van der Waals surface area contributed by atoms with Crippen LogP contribution < -0.4 is 0 Å². The second-order valence-corrected chi connectivity index (χ2v) is 17.1. The van der Waals surface area contributed by atoms with Gasteiger partial charge < -0.3 is 0 Å². The maximum atomic E-state index is 2.48. The second kappa shape index (κ2) is 10.6. The Morgan fingerprint density at radius 1 is 0.595 bits per heavy atom. The Labute approximate surface area is 243 Å². The van der Waals surface area contributed by atoms with Crippen LogP contribution in [0, 0.1) is 21.7 Å². The van der Waals surface area contributed by atoms with Gasteiger partial charge in [-0.05, 0) is 24.3 Å². The molecule has 4 aliphatic heterocycles. The van der Waals surface area contributed by atoms with Gasteiger partial charge in [0.25, 0.3) is 0 Å². The van der Waals surface area contributed by atoms with E-state index in [1.54, 1.807) is 0 Å². The first-order valence-electron chi connectivity index (χ1n) is 13.2. The SMILES string of the molecule is CCC=C(C)C1=CC(C)(C)C=C(C2=CC(C)(C)C=C(C3=CC(C)(C)C=C(C4=CC(C)(C)C=CS4)S3)S2)S1. The Balaban J connectivity index is 1.65. The molecular weight excluding hydrogens is 525 g/mol. The van der Waals surface area contributed by atoms with Crippen LogP contribution in [0.5, 0.6) is 0 Å². The lowest BCUT2D eigenvalue weighted by Crippen LogP contribution is -2.15. The summed E-state index contributed by atoms with van der Waals surface area (Å²) in [6, 6.07) is 0. The number of thioether (sulfide) groups is 4. The molecule has 0 amide bonds. The number of rotatable bonds is 5. The number of hydrogen-bond donors (Lipinski definition) is 0. The Morgan fingerprint density at radius 2 is 1.00 bits per heavy atom. The molecule has 4 heterocycles. The second-order valence-electron chi connectivity index (χ2n) is 12.9. The van der Waals surface area contributed by atoms with E-state index in [1.165, 1.54) is 39.9 Å². The van der Waals surface area contributed by atoms with Crippen molar-refractivity contribution in [1.82, 2.24) is 0 Å². The van der Waals surface area contributed by atoms with Gasteiger partial charge in [-0.2, -0.15) is 0 Å². The molecule has 0 aromatic heterocycles. The summed E-state index contributed by atoms with van der Waals surface area (Å²) in [4.78, 5) is 9.72. The fourth-order valence-corrected chi connectivity index (χ4v) is 10.5. The first kappa shape index (κ1) is 29.1. The van der Waals surface area contributed by atoms with E-state index in [9.17, 15) is 0 Å². The molecular formula is C33H42S4. The minimum Gasteiger partial charge on any atom is -0.0975 e. The third-order valence-corrected chi connectivity index (χ3v) is 11.2. The summed E-state index contributed by atoms with van der Waals surface area (Å²) < 4.78 is 0. The van der Waals surface area contributed by atoms with Crippen molar-refractivity contribution < 1.29 is 0 Å². The molecule has 0 radical (unpaired) electrons. The zero-order valence-corrected chi connectivity index (χ0v) is 27.4. The molecule has 0 nitrogen and oxygen atoms in total. The quantitative estimate of drug-likeness (QED) is 0.324. The summed E-state index contributed by atoms with van der Waals surface area (Å²) in [6.07, 6.45) is 22.9. The van der Waals surface area contributed by atoms with E-state index in [1.807, 2.05) is 47.0 Å². The summed E-state index contributed by atoms with van der Waals surface area (Å²) >= 11 is 7.69. The predicted molar refractivity (Wildman–Crippen MR) is 175 cm³/mol. The van der Waals surface area contributed by atoms with Gasteiger partial charge in [-0.3, -0.25) is 0 Å². The molecule has 4 aliphatic rings. The first-order valence-corrected chi connectivity index (χ1v) is 16.6. The van der Waals surface area contributed by atoms with Crippen LogP contribution in [0.2, 0.25) is 0 Å². The predicted octanol–water partition coefficient (Wildman–Crippen LogP) is 12.1. The van der Waals surface area contributed by atoms with Gasteiger partial charge in [-0.1, -0.05) is 164 Å². The molecule has 0 fully saturated rings. The highest BCUT2D eigenvalue weighted by molar-refractivity contribution is 8.15. The van der Waals surface area contributed by atoms with Crippen molar-refractivity contribution in [3.8, 4) is 0 Å². The van der Waals surface area contributed by atoms with Crippen molar-refractivity contribution in [3.05, 3.63) is 100 Å². The van der Waals surface area contributed by atoms with Gasteiger partial charge in [-0.15, -0.1) is 0 Å². The van der Waals surface area contributed by atoms with Crippen molar-refractivity contribution in [2.24, 2.45) is 21.7 Å². The molecule has 0 atom stereocenters. The summed E-state index contributed by atoms with van der Waals surface area (Å²) in [5.41, 5.74) is 1.52. The van der Waals surface area contributed by atoms with Gasteiger partial charge >= 0.3 is 0 Å². The maximum absolute atomic E-state index is 2.48. The van der Waals surface area contributed by atoms with Gasteiger partial charge in [0.05, 0.1) is 0 Å². The molecule has 0 saturated carbocycles. The lowest BCUT2D eigenvalue weighted by atomic mass is 9.88. The van der Waals surface area contributed by atoms with Gasteiger partial charge in [0.15, 0.2) is 0 Å². The molecule has 4 rings (SSSR count). The Kier molecular flexibility index (Phi) is 8.29. The summed E-state index contributed by atoms with van der Waals surface area (Å²) in [7, 11) is 0. The minimum atomic E-state index is -0.00641. The smallest absolute Gasteiger partial charge is 0.0228 e. The zero-order valence-electron chi connectivity index (χ0n) is 24.1. The molecule has 0 saturated heterocycles. The molecule has 0 spiro atoms. The molecule has 0 aromatic rings. The van der Waals surface area contributed by atoms with E-state index in [-0.39, 0.29) is 21.7 Å². The Bertz CT molecular complexity index is 1250. The van der Waals surface area contributed by atoms with E-state index in [0.29, 0.717) is 0 Å². The van der Waals surface area contributed by atoms with Crippen LogP contribution >= 0.6 is 47.0 Å². The van der Waals surface area contributed by atoms with Crippen molar-refractivity contribution in [3.63, 3.8) is 0 Å². The maximum Gasteiger partial charge on any atom is 0.0228 e. The van der Waals surface area contributed by atoms with Gasteiger partial charge in [-0.25, -0.2) is 0 Å². The highest BCUT2D eigenvalue weighted by Gasteiger charge is 2.32. The molecule has 0 bridgehead atoms. The summed E-state index contributed by atoms with van der Waals surface area (Å²) in [5.74, 6) is 0. The molecule has 0 aromatic carbocycles. The van der Waals surface area contributed by atoms with Crippen LogP contribution in [-0.4, -0.2) is 0 Å². The van der Waals surface area contributed by atoms with E-state index < -0.39 is 0 Å². The normalized spacial score (nSPS) is 26.2. The molecule has 0 N–H and O–H groups in total. The monoisotopic (exact) mass is 566 g/mol. The average molecular weight is 567 g/mol. The van der Waals surface area contributed by atoms with Crippen molar-refractivity contribution in [2.45, 2.75) is 75.7 Å². The summed E-state index contributed by atoms with van der Waals surface area (Å²) in [5, 5.41) is 2.26. The standard InChI is InChI=1S/C33H42S4/c1-11-12-22(2)23-15-31(5,6)18-26(35-23)27-19-33(9,10)21-29(37-27)28-20-32(7,8)17-25(36-28)24-16-30(3,4)13-14-34-24/h12-21H,11H2,1-10H3. The lowest BCUT2D eigenvalue weighted by Gasteiger charge is -2.34. The first-order chi connectivity index (χ1) is 17.1. The Morgan fingerprint density at radius 3 is 1.46 bits per heavy atom. The summed E-state index contributed by atoms with van der Waals surface area (Å²) in [6.45, 7) is 23.1. The third-order valence-electron chi connectivity index (χ3n) is 6.50. The van der Waals surface area contributed by atoms with E-state index in [4.69, 9.17) is 0 Å². The van der Waals surface area contributed by atoms with Crippen LogP contribution in [0.1, 0.15) is 75.7 Å². The molecule has 0 aliphatic carbocycles. The zero-order chi connectivity index (χ0) is 27.2. The van der Waals surface area contributed by atoms with E-state index in [2.05, 4.69) is 129 Å². The minimum absolute atomic E-state index is 0.00641. The van der Waals surface area contributed by atoms with Gasteiger partial charge in [0.2, 0.25) is 0 Å². The number of allylic oxidation sites excluding steroid dienone is 10. The molecule has 198 valence electrons. The fourth-order valence-electron chi connectivity index (χ4n) is 4.72. The largest absolute Gasteiger partial charge is 0.0975 e. The highest BCUT2D eigenvalue weighted by Crippen LogP contribution is 2.57. The molecule has 4 heteroatoms. The molecule has 0 unspecified atom stereocenters. The van der Waals surface area contributed by atoms with Crippen molar-refractivity contribution >= 4 is 47.0 Å². The highest BCUT2D eigenvalue weighted by atomic mass is 32.2. The molecule has 37 heavy (non-hydrogen) atoms. The fraction of sp³-hybridized carbons (Fsp3) is 0.455. The average Bonchev–Trinajstić information content (AvgIpc) is 2.75. The van der Waals surface area contributed by atoms with Crippen LogP contribution in [0.3, 0.4) is 0 Å².